The highest BCUT2D eigenvalue weighted by molar-refractivity contribution is 5.82. The molecule has 1 aromatic carbocycles. The highest BCUT2D eigenvalue weighted by Crippen LogP contribution is 2.16. The van der Waals surface area contributed by atoms with Crippen molar-refractivity contribution in [2.45, 2.75) is 31.5 Å². The largest absolute Gasteiger partial charge is 0.393 e. The summed E-state index contributed by atoms with van der Waals surface area (Å²) < 4.78 is 0. The summed E-state index contributed by atoms with van der Waals surface area (Å²) in [5, 5.41) is 24.4. The fourth-order valence-corrected chi connectivity index (χ4v) is 2.10. The van der Waals surface area contributed by atoms with Gasteiger partial charge in [0.1, 0.15) is 5.60 Å². The first-order valence-corrected chi connectivity index (χ1v) is 6.43. The lowest BCUT2D eigenvalue weighted by molar-refractivity contribution is -0.124. The van der Waals surface area contributed by atoms with Crippen LogP contribution in [0.4, 0.5) is 0 Å². The van der Waals surface area contributed by atoms with Gasteiger partial charge in [-0.2, -0.15) is 0 Å². The number of benzene rings is 1. The number of hydrogen-bond acceptors (Lipinski definition) is 4. The molecule has 2 unspecified atom stereocenters. The van der Waals surface area contributed by atoms with Crippen LogP contribution in [0, 0.1) is 0 Å². The lowest BCUT2D eigenvalue weighted by Gasteiger charge is -2.27. The monoisotopic (exact) mass is 264 g/mol. The van der Waals surface area contributed by atoms with Gasteiger partial charge in [0.2, 0.25) is 5.91 Å². The van der Waals surface area contributed by atoms with Gasteiger partial charge in [-0.1, -0.05) is 24.3 Å². The van der Waals surface area contributed by atoms with Crippen molar-refractivity contribution in [3.8, 4) is 0 Å². The minimum absolute atomic E-state index is 0.0438. The SMILES string of the molecule is CC(O)(CO)CNC(=O)C1Cc2ccccc2CN1. The molecule has 0 aliphatic carbocycles. The van der Waals surface area contributed by atoms with Crippen LogP contribution < -0.4 is 10.6 Å². The Balaban J connectivity index is 1.92. The van der Waals surface area contributed by atoms with Crippen molar-refractivity contribution in [2.24, 2.45) is 0 Å². The number of aliphatic hydroxyl groups excluding tert-OH is 1. The Bertz CT molecular complexity index is 460. The van der Waals surface area contributed by atoms with Gasteiger partial charge in [0.25, 0.3) is 0 Å². The van der Waals surface area contributed by atoms with Crippen molar-refractivity contribution in [2.75, 3.05) is 13.2 Å². The van der Waals surface area contributed by atoms with Crippen LogP contribution in [0.1, 0.15) is 18.1 Å². The first-order chi connectivity index (χ1) is 9.02. The van der Waals surface area contributed by atoms with Crippen molar-refractivity contribution >= 4 is 5.91 Å². The number of hydrogen-bond donors (Lipinski definition) is 4. The molecule has 0 radical (unpaired) electrons. The Morgan fingerprint density at radius 1 is 1.47 bits per heavy atom. The minimum Gasteiger partial charge on any atom is -0.393 e. The average molecular weight is 264 g/mol. The molecule has 0 saturated heterocycles. The van der Waals surface area contributed by atoms with Crippen molar-refractivity contribution in [1.82, 2.24) is 10.6 Å². The summed E-state index contributed by atoms with van der Waals surface area (Å²) in [6.07, 6.45) is 0.642. The third-order valence-electron chi connectivity index (χ3n) is 3.38. The smallest absolute Gasteiger partial charge is 0.237 e. The summed E-state index contributed by atoms with van der Waals surface area (Å²) >= 11 is 0. The van der Waals surface area contributed by atoms with Gasteiger partial charge in [-0.05, 0) is 24.5 Å². The summed E-state index contributed by atoms with van der Waals surface area (Å²) in [5.74, 6) is -0.150. The van der Waals surface area contributed by atoms with E-state index in [0.717, 1.165) is 0 Å². The Kier molecular flexibility index (Phi) is 4.19. The molecule has 0 aromatic heterocycles. The summed E-state index contributed by atoms with van der Waals surface area (Å²) in [4.78, 5) is 12.0. The first-order valence-electron chi connectivity index (χ1n) is 6.43. The highest BCUT2D eigenvalue weighted by Gasteiger charge is 2.26. The lowest BCUT2D eigenvalue weighted by Crippen LogP contribution is -2.51. The van der Waals surface area contributed by atoms with Crippen LogP contribution >= 0.6 is 0 Å². The molecule has 19 heavy (non-hydrogen) atoms. The van der Waals surface area contributed by atoms with Crippen molar-refractivity contribution in [1.29, 1.82) is 0 Å². The van der Waals surface area contributed by atoms with E-state index in [1.807, 2.05) is 24.3 Å². The van der Waals surface area contributed by atoms with Gasteiger partial charge in [-0.15, -0.1) is 0 Å². The van der Waals surface area contributed by atoms with Crippen LogP contribution in [0.25, 0.3) is 0 Å². The predicted molar refractivity (Wildman–Crippen MR) is 71.5 cm³/mol. The van der Waals surface area contributed by atoms with E-state index in [-0.39, 0.29) is 25.1 Å². The topological polar surface area (TPSA) is 81.6 Å². The van der Waals surface area contributed by atoms with E-state index in [9.17, 15) is 9.90 Å². The zero-order valence-corrected chi connectivity index (χ0v) is 11.0. The molecule has 0 saturated carbocycles. The third-order valence-corrected chi connectivity index (χ3v) is 3.38. The van der Waals surface area contributed by atoms with Gasteiger partial charge >= 0.3 is 0 Å². The van der Waals surface area contributed by atoms with E-state index in [2.05, 4.69) is 10.6 Å². The number of nitrogens with one attached hydrogen (secondary N) is 2. The predicted octanol–water partition coefficient (Wildman–Crippen LogP) is -0.440. The second-order valence-corrected chi connectivity index (χ2v) is 5.28. The molecule has 1 aliphatic heterocycles. The summed E-state index contributed by atoms with van der Waals surface area (Å²) in [5.41, 5.74) is 1.12. The zero-order chi connectivity index (χ0) is 13.9. The van der Waals surface area contributed by atoms with E-state index < -0.39 is 5.60 Å². The molecule has 0 fully saturated rings. The summed E-state index contributed by atoms with van der Waals surface area (Å²) in [6.45, 7) is 1.82. The number of aliphatic hydroxyl groups is 2. The quantitative estimate of drug-likeness (QED) is 0.594. The number of amides is 1. The number of fused-ring (bicyclic) bond motifs is 1. The van der Waals surface area contributed by atoms with Gasteiger partial charge in [0, 0.05) is 13.1 Å². The van der Waals surface area contributed by atoms with Gasteiger partial charge < -0.3 is 20.8 Å². The van der Waals surface area contributed by atoms with Crippen LogP contribution in [0.2, 0.25) is 0 Å². The maximum absolute atomic E-state index is 12.0. The van der Waals surface area contributed by atoms with E-state index in [1.165, 1.54) is 18.1 Å². The standard InChI is InChI=1S/C14H20N2O3/c1-14(19,9-17)8-16-13(18)12-6-10-4-2-3-5-11(10)7-15-12/h2-5,12,15,17,19H,6-9H2,1H3,(H,16,18). The van der Waals surface area contributed by atoms with E-state index in [0.29, 0.717) is 13.0 Å². The number of carbonyl (C=O) groups is 1. The summed E-state index contributed by atoms with van der Waals surface area (Å²) in [7, 11) is 0. The Hall–Kier alpha value is -1.43. The molecule has 1 amide bonds. The van der Waals surface area contributed by atoms with Gasteiger partial charge in [0.05, 0.1) is 12.6 Å². The maximum Gasteiger partial charge on any atom is 0.237 e. The molecule has 0 spiro atoms. The maximum atomic E-state index is 12.0. The fourth-order valence-electron chi connectivity index (χ4n) is 2.10. The Morgan fingerprint density at radius 2 is 2.16 bits per heavy atom. The molecule has 1 aromatic rings. The molecule has 4 N–H and O–H groups in total. The zero-order valence-electron chi connectivity index (χ0n) is 11.0. The Labute approximate surface area is 112 Å². The first kappa shape index (κ1) is 14.0. The molecule has 1 heterocycles. The third kappa shape index (κ3) is 3.53. The normalized spacial score (nSPS) is 21.3. The molecular weight excluding hydrogens is 244 g/mol. The van der Waals surface area contributed by atoms with Crippen molar-refractivity contribution in [3.05, 3.63) is 35.4 Å². The van der Waals surface area contributed by atoms with E-state index in [1.54, 1.807) is 0 Å². The summed E-state index contributed by atoms with van der Waals surface area (Å²) in [6, 6.07) is 7.74. The second-order valence-electron chi connectivity index (χ2n) is 5.28. The van der Waals surface area contributed by atoms with Crippen molar-refractivity contribution in [3.63, 3.8) is 0 Å². The minimum atomic E-state index is -1.28. The number of carbonyl (C=O) groups excluding carboxylic acids is 1. The molecule has 104 valence electrons. The second kappa shape index (κ2) is 5.69. The highest BCUT2D eigenvalue weighted by atomic mass is 16.3. The Morgan fingerprint density at radius 3 is 2.84 bits per heavy atom. The average Bonchev–Trinajstić information content (AvgIpc) is 2.44. The van der Waals surface area contributed by atoms with Crippen LogP contribution in [0.15, 0.2) is 24.3 Å². The number of rotatable bonds is 4. The molecule has 0 bridgehead atoms. The van der Waals surface area contributed by atoms with Gasteiger partial charge in [-0.3, -0.25) is 4.79 Å². The van der Waals surface area contributed by atoms with Gasteiger partial charge in [0.15, 0.2) is 0 Å². The van der Waals surface area contributed by atoms with Crippen LogP contribution in [0.5, 0.6) is 0 Å². The van der Waals surface area contributed by atoms with Gasteiger partial charge in [-0.25, -0.2) is 0 Å². The van der Waals surface area contributed by atoms with Crippen LogP contribution in [0.3, 0.4) is 0 Å². The lowest BCUT2D eigenvalue weighted by atomic mass is 9.95. The van der Waals surface area contributed by atoms with Crippen LogP contribution in [-0.4, -0.2) is 40.9 Å². The molecule has 1 aliphatic rings. The molecule has 2 atom stereocenters. The molecule has 5 heteroatoms. The van der Waals surface area contributed by atoms with Crippen molar-refractivity contribution < 1.29 is 15.0 Å². The van der Waals surface area contributed by atoms with E-state index >= 15 is 0 Å². The van der Waals surface area contributed by atoms with Crippen LogP contribution in [-0.2, 0) is 17.8 Å². The fraction of sp³-hybridized carbons (Fsp3) is 0.500. The van der Waals surface area contributed by atoms with E-state index in [4.69, 9.17) is 5.11 Å². The molecule has 2 rings (SSSR count). The molecule has 5 nitrogen and oxygen atoms in total. The molecular formula is C14H20N2O3.